The van der Waals surface area contributed by atoms with Crippen molar-refractivity contribution in [1.29, 1.82) is 0 Å². The molecule has 1 fully saturated rings. The van der Waals surface area contributed by atoms with Crippen LogP contribution >= 0.6 is 28.3 Å². The van der Waals surface area contributed by atoms with Crippen molar-refractivity contribution in [1.82, 2.24) is 4.90 Å². The highest BCUT2D eigenvalue weighted by Gasteiger charge is 2.27. The molecule has 2 unspecified atom stereocenters. The van der Waals surface area contributed by atoms with Gasteiger partial charge in [-0.1, -0.05) is 6.92 Å². The van der Waals surface area contributed by atoms with Crippen LogP contribution in [0.5, 0.6) is 11.5 Å². The lowest BCUT2D eigenvalue weighted by atomic mass is 10.1. The molecule has 0 saturated carbocycles. The third-order valence-corrected chi connectivity index (χ3v) is 4.24. The first-order valence-corrected chi connectivity index (χ1v) is 7.49. The van der Waals surface area contributed by atoms with Crippen LogP contribution in [0.15, 0.2) is 16.6 Å². The molecule has 0 bridgehead atoms. The van der Waals surface area contributed by atoms with E-state index in [0.29, 0.717) is 16.9 Å². The maximum Gasteiger partial charge on any atom is 0.387 e. The van der Waals surface area contributed by atoms with E-state index in [4.69, 9.17) is 10.5 Å². The number of nitrogens with two attached hydrogens (primary N) is 1. The second-order valence-corrected chi connectivity index (χ2v) is 6.18. The molecular weight excluding hydrogens is 382 g/mol. The van der Waals surface area contributed by atoms with Gasteiger partial charge in [0.2, 0.25) is 0 Å². The van der Waals surface area contributed by atoms with Crippen molar-refractivity contribution < 1.29 is 18.3 Å². The minimum Gasteiger partial charge on any atom is -0.493 e. The van der Waals surface area contributed by atoms with Crippen molar-refractivity contribution in [2.24, 2.45) is 11.7 Å². The zero-order valence-corrected chi connectivity index (χ0v) is 14.8. The SMILES string of the molecule is COc1cc(CN2CC(C)C(N)C2)cc(Br)c1OC(F)F.Cl. The van der Waals surface area contributed by atoms with Crippen LogP contribution in [0.1, 0.15) is 12.5 Å². The van der Waals surface area contributed by atoms with Gasteiger partial charge in [0.05, 0.1) is 11.6 Å². The number of rotatable bonds is 5. The minimum absolute atomic E-state index is 0. The van der Waals surface area contributed by atoms with Gasteiger partial charge in [0.25, 0.3) is 0 Å². The molecule has 4 nitrogen and oxygen atoms in total. The van der Waals surface area contributed by atoms with Crippen LogP contribution in [-0.4, -0.2) is 37.8 Å². The number of halogens is 4. The predicted molar refractivity (Wildman–Crippen MR) is 87.0 cm³/mol. The van der Waals surface area contributed by atoms with Crippen LogP contribution < -0.4 is 15.2 Å². The number of benzene rings is 1. The number of hydrogen-bond donors (Lipinski definition) is 1. The molecule has 1 aromatic carbocycles. The maximum absolute atomic E-state index is 12.4. The fourth-order valence-corrected chi connectivity index (χ4v) is 3.13. The molecule has 126 valence electrons. The van der Waals surface area contributed by atoms with Gasteiger partial charge in [0, 0.05) is 25.7 Å². The molecule has 2 rings (SSSR count). The van der Waals surface area contributed by atoms with Gasteiger partial charge in [-0.2, -0.15) is 8.78 Å². The molecule has 0 aromatic heterocycles. The first-order valence-electron chi connectivity index (χ1n) is 6.70. The van der Waals surface area contributed by atoms with Gasteiger partial charge in [-0.15, -0.1) is 12.4 Å². The molecule has 1 aliphatic heterocycles. The Bertz CT molecular complexity index is 498. The molecule has 0 amide bonds. The second kappa shape index (κ2) is 8.29. The van der Waals surface area contributed by atoms with Crippen molar-refractivity contribution in [3.8, 4) is 11.5 Å². The van der Waals surface area contributed by atoms with Gasteiger partial charge >= 0.3 is 6.61 Å². The van der Waals surface area contributed by atoms with Crippen LogP contribution in [-0.2, 0) is 6.54 Å². The third-order valence-electron chi connectivity index (χ3n) is 3.65. The third kappa shape index (κ3) is 4.68. The molecule has 1 heterocycles. The summed E-state index contributed by atoms with van der Waals surface area (Å²) in [4.78, 5) is 2.24. The number of nitrogens with zero attached hydrogens (tertiary/aromatic N) is 1. The lowest BCUT2D eigenvalue weighted by molar-refractivity contribution is -0.0517. The summed E-state index contributed by atoms with van der Waals surface area (Å²) in [6.45, 7) is 1.69. The maximum atomic E-state index is 12.4. The second-order valence-electron chi connectivity index (χ2n) is 5.32. The molecule has 1 aliphatic rings. The lowest BCUT2D eigenvalue weighted by Crippen LogP contribution is -2.28. The van der Waals surface area contributed by atoms with E-state index >= 15 is 0 Å². The molecule has 2 atom stereocenters. The smallest absolute Gasteiger partial charge is 0.387 e. The fraction of sp³-hybridized carbons (Fsp3) is 0.571. The minimum atomic E-state index is -2.89. The number of alkyl halides is 2. The molecule has 1 aromatic rings. The van der Waals surface area contributed by atoms with Crippen molar-refractivity contribution in [3.63, 3.8) is 0 Å². The normalized spacial score (nSPS) is 21.8. The number of ether oxygens (including phenoxy) is 2. The van der Waals surface area contributed by atoms with E-state index in [1.807, 2.05) is 0 Å². The van der Waals surface area contributed by atoms with E-state index < -0.39 is 6.61 Å². The summed E-state index contributed by atoms with van der Waals surface area (Å²) >= 11 is 3.26. The summed E-state index contributed by atoms with van der Waals surface area (Å²) in [6, 6.07) is 3.67. The van der Waals surface area contributed by atoms with Gasteiger partial charge in [0.1, 0.15) is 0 Å². The standard InChI is InChI=1S/C14H19BrF2N2O2.ClH/c1-8-5-19(7-11(8)18)6-9-3-10(15)13(21-14(16)17)12(4-9)20-2;/h3-4,8,11,14H,5-7,18H2,1-2H3;1H. The first kappa shape index (κ1) is 19.4. The largest absolute Gasteiger partial charge is 0.493 e. The molecule has 0 radical (unpaired) electrons. The van der Waals surface area contributed by atoms with E-state index in [2.05, 4.69) is 32.5 Å². The molecule has 1 saturated heterocycles. The van der Waals surface area contributed by atoms with Crippen LogP contribution in [0.25, 0.3) is 0 Å². The monoisotopic (exact) mass is 400 g/mol. The summed E-state index contributed by atoms with van der Waals surface area (Å²) in [7, 11) is 1.43. The number of hydrogen-bond acceptors (Lipinski definition) is 4. The summed E-state index contributed by atoms with van der Waals surface area (Å²) in [5.74, 6) is 0.760. The van der Waals surface area contributed by atoms with E-state index in [1.165, 1.54) is 7.11 Å². The van der Waals surface area contributed by atoms with E-state index in [0.717, 1.165) is 18.7 Å². The topological polar surface area (TPSA) is 47.7 Å². The van der Waals surface area contributed by atoms with E-state index in [-0.39, 0.29) is 29.9 Å². The summed E-state index contributed by atoms with van der Waals surface area (Å²) in [5, 5.41) is 0. The lowest BCUT2D eigenvalue weighted by Gasteiger charge is -2.18. The Morgan fingerprint density at radius 3 is 2.59 bits per heavy atom. The van der Waals surface area contributed by atoms with Crippen molar-refractivity contribution in [2.45, 2.75) is 26.1 Å². The number of methoxy groups -OCH3 is 1. The number of likely N-dealkylation sites (tertiary alicyclic amines) is 1. The van der Waals surface area contributed by atoms with Gasteiger partial charge in [-0.05, 0) is 39.5 Å². The van der Waals surface area contributed by atoms with Gasteiger partial charge < -0.3 is 15.2 Å². The van der Waals surface area contributed by atoms with Gasteiger partial charge in [-0.3, -0.25) is 4.90 Å². The summed E-state index contributed by atoms with van der Waals surface area (Å²) in [6.07, 6.45) is 0. The molecular formula is C14H20BrClF2N2O2. The van der Waals surface area contributed by atoms with Crippen LogP contribution in [0, 0.1) is 5.92 Å². The highest BCUT2D eigenvalue weighted by molar-refractivity contribution is 9.10. The first-order chi connectivity index (χ1) is 9.90. The Hall–Kier alpha value is -0.630. The average Bonchev–Trinajstić information content (AvgIpc) is 2.70. The van der Waals surface area contributed by atoms with Crippen LogP contribution in [0.2, 0.25) is 0 Å². The van der Waals surface area contributed by atoms with Gasteiger partial charge in [0.15, 0.2) is 11.5 Å². The Kier molecular flexibility index (Phi) is 7.31. The predicted octanol–water partition coefficient (Wildman–Crippen LogP) is 3.26. The van der Waals surface area contributed by atoms with Crippen LogP contribution in [0.3, 0.4) is 0 Å². The molecule has 22 heavy (non-hydrogen) atoms. The van der Waals surface area contributed by atoms with E-state index in [1.54, 1.807) is 12.1 Å². The summed E-state index contributed by atoms with van der Waals surface area (Å²) in [5.41, 5.74) is 6.97. The Labute approximate surface area is 143 Å². The van der Waals surface area contributed by atoms with Crippen molar-refractivity contribution >= 4 is 28.3 Å². The summed E-state index contributed by atoms with van der Waals surface area (Å²) < 4.78 is 34.9. The van der Waals surface area contributed by atoms with Crippen LogP contribution in [0.4, 0.5) is 8.78 Å². The Morgan fingerprint density at radius 2 is 2.09 bits per heavy atom. The Balaban J connectivity index is 0.00000242. The van der Waals surface area contributed by atoms with E-state index in [9.17, 15) is 8.78 Å². The molecule has 2 N–H and O–H groups in total. The highest BCUT2D eigenvalue weighted by Crippen LogP contribution is 2.38. The van der Waals surface area contributed by atoms with Crippen molar-refractivity contribution in [3.05, 3.63) is 22.2 Å². The molecule has 0 spiro atoms. The fourth-order valence-electron chi connectivity index (χ4n) is 2.55. The Morgan fingerprint density at radius 1 is 1.41 bits per heavy atom. The van der Waals surface area contributed by atoms with Crippen molar-refractivity contribution in [2.75, 3.05) is 20.2 Å². The molecule has 0 aliphatic carbocycles. The highest BCUT2D eigenvalue weighted by atomic mass is 79.9. The quantitative estimate of drug-likeness (QED) is 0.823. The zero-order chi connectivity index (χ0) is 15.6. The average molecular weight is 402 g/mol. The molecule has 8 heteroatoms. The zero-order valence-electron chi connectivity index (χ0n) is 12.4. The van der Waals surface area contributed by atoms with Gasteiger partial charge in [-0.25, -0.2) is 0 Å².